The number of benzene rings is 1. The van der Waals surface area contributed by atoms with Gasteiger partial charge in [-0.05, 0) is 61.7 Å². The maximum absolute atomic E-state index is 5.85. The van der Waals surface area contributed by atoms with E-state index in [1.54, 1.807) is 7.11 Å². The van der Waals surface area contributed by atoms with Crippen LogP contribution >= 0.6 is 12.2 Å². The lowest BCUT2D eigenvalue weighted by molar-refractivity contribution is 0.0228. The van der Waals surface area contributed by atoms with E-state index in [9.17, 15) is 0 Å². The number of aryl methyl sites for hydroxylation is 1. The number of morpholine rings is 1. The first kappa shape index (κ1) is 20.9. The molecule has 0 amide bonds. The van der Waals surface area contributed by atoms with Crippen molar-refractivity contribution in [2.24, 2.45) is 5.92 Å². The number of nitrogens with zero attached hydrogens (tertiary/aromatic N) is 5. The van der Waals surface area contributed by atoms with Crippen LogP contribution in [0.2, 0.25) is 0 Å². The molecule has 5 rings (SSSR count). The van der Waals surface area contributed by atoms with Crippen LogP contribution in [0.25, 0.3) is 16.6 Å². The number of methoxy groups -OCH3 is 1. The molecule has 2 saturated heterocycles. The van der Waals surface area contributed by atoms with Crippen molar-refractivity contribution in [2.75, 3.05) is 53.0 Å². The van der Waals surface area contributed by atoms with Crippen LogP contribution in [0.3, 0.4) is 0 Å². The summed E-state index contributed by atoms with van der Waals surface area (Å²) < 4.78 is 15.7. The Morgan fingerprint density at radius 2 is 1.87 bits per heavy atom. The summed E-state index contributed by atoms with van der Waals surface area (Å²) in [6.45, 7) is 10.2. The van der Waals surface area contributed by atoms with Gasteiger partial charge >= 0.3 is 0 Å². The lowest BCUT2D eigenvalue weighted by atomic mass is 9.96. The van der Waals surface area contributed by atoms with E-state index < -0.39 is 0 Å². The van der Waals surface area contributed by atoms with Crippen LogP contribution in [-0.2, 0) is 11.4 Å². The van der Waals surface area contributed by atoms with Gasteiger partial charge in [0.15, 0.2) is 5.65 Å². The number of fused-ring (bicyclic) bond motifs is 3. The fourth-order valence-corrected chi connectivity index (χ4v) is 5.20. The Bertz CT molecular complexity index is 1130. The van der Waals surface area contributed by atoms with E-state index in [1.165, 1.54) is 30.3 Å². The third-order valence-corrected chi connectivity index (χ3v) is 7.14. The molecule has 2 fully saturated rings. The summed E-state index contributed by atoms with van der Waals surface area (Å²) in [6, 6.07) is 8.27. The molecule has 0 aliphatic carbocycles. The van der Waals surface area contributed by atoms with Crippen LogP contribution < -0.4 is 4.74 Å². The fourth-order valence-electron chi connectivity index (χ4n) is 4.91. The smallest absolute Gasteiger partial charge is 0.204 e. The molecule has 0 bridgehead atoms. The maximum Gasteiger partial charge on any atom is 0.204 e. The van der Waals surface area contributed by atoms with Gasteiger partial charge in [-0.2, -0.15) is 5.10 Å². The molecule has 0 unspecified atom stereocenters. The summed E-state index contributed by atoms with van der Waals surface area (Å²) in [6.07, 6.45) is 2.47. The highest BCUT2D eigenvalue weighted by atomic mass is 32.1. The van der Waals surface area contributed by atoms with Crippen LogP contribution in [0.5, 0.6) is 5.75 Å². The first-order valence-electron chi connectivity index (χ1n) is 11.2. The van der Waals surface area contributed by atoms with Crippen molar-refractivity contribution in [3.05, 3.63) is 34.6 Å². The minimum absolute atomic E-state index is 0.740. The molecule has 1 aromatic carbocycles. The molecule has 4 heterocycles. The second-order valence-corrected chi connectivity index (χ2v) is 9.17. The number of hydrogen-bond donors (Lipinski definition) is 0. The van der Waals surface area contributed by atoms with Gasteiger partial charge < -0.3 is 9.47 Å². The fraction of sp³-hybridized carbons (Fsp3) is 0.565. The summed E-state index contributed by atoms with van der Waals surface area (Å²) in [5.41, 5.74) is 3.14. The first-order valence-corrected chi connectivity index (χ1v) is 11.6. The number of rotatable bonds is 5. The Kier molecular flexibility index (Phi) is 5.97. The molecule has 0 radical (unpaired) electrons. The molecular formula is C23H31N5O2S. The number of hydrogen-bond acceptors (Lipinski definition) is 6. The molecule has 31 heavy (non-hydrogen) atoms. The standard InChI is InChI=1S/C23H31N5O2S/c1-17-13-22-24-27(23(31)28(22)21-14-19(29-2)3-4-20(17)21)16-26-7-5-18(6-8-26)15-25-9-11-30-12-10-25/h3-4,13-14,18H,5-12,15-16H2,1-2H3. The molecule has 0 spiro atoms. The zero-order valence-electron chi connectivity index (χ0n) is 18.4. The SMILES string of the molecule is COc1ccc2c(C)cc3nn(CN4CCC(CN5CCOCC5)CC4)c(=S)n3c2c1. The van der Waals surface area contributed by atoms with E-state index >= 15 is 0 Å². The minimum atomic E-state index is 0.740. The molecule has 0 atom stereocenters. The summed E-state index contributed by atoms with van der Waals surface area (Å²) in [5, 5.41) is 6.03. The van der Waals surface area contributed by atoms with Gasteiger partial charge in [0, 0.05) is 44.2 Å². The van der Waals surface area contributed by atoms with Crippen molar-refractivity contribution in [1.82, 2.24) is 24.0 Å². The van der Waals surface area contributed by atoms with Crippen molar-refractivity contribution >= 4 is 28.8 Å². The second-order valence-electron chi connectivity index (χ2n) is 8.80. The highest BCUT2D eigenvalue weighted by molar-refractivity contribution is 7.71. The van der Waals surface area contributed by atoms with Crippen molar-refractivity contribution in [2.45, 2.75) is 26.4 Å². The molecule has 166 valence electrons. The average molecular weight is 442 g/mol. The van der Waals surface area contributed by atoms with Crippen molar-refractivity contribution in [1.29, 1.82) is 0 Å². The van der Waals surface area contributed by atoms with E-state index in [1.807, 2.05) is 16.8 Å². The summed E-state index contributed by atoms with van der Waals surface area (Å²) in [7, 11) is 1.69. The average Bonchev–Trinajstić information content (AvgIpc) is 3.10. The van der Waals surface area contributed by atoms with Gasteiger partial charge in [0.05, 0.1) is 32.5 Å². The molecule has 2 aliphatic heterocycles. The van der Waals surface area contributed by atoms with Gasteiger partial charge in [-0.25, -0.2) is 4.68 Å². The number of ether oxygens (including phenoxy) is 2. The van der Waals surface area contributed by atoms with E-state index in [0.29, 0.717) is 0 Å². The maximum atomic E-state index is 5.85. The quantitative estimate of drug-likeness (QED) is 0.566. The molecule has 2 aromatic heterocycles. The third kappa shape index (κ3) is 4.22. The molecule has 7 nitrogen and oxygen atoms in total. The predicted octanol–water partition coefficient (Wildman–Crippen LogP) is 3.34. The van der Waals surface area contributed by atoms with Gasteiger partial charge in [0.2, 0.25) is 4.77 Å². The van der Waals surface area contributed by atoms with Gasteiger partial charge in [0.25, 0.3) is 0 Å². The summed E-state index contributed by atoms with van der Waals surface area (Å²) in [5.74, 6) is 1.61. The molecule has 0 saturated carbocycles. The van der Waals surface area contributed by atoms with Gasteiger partial charge in [-0.1, -0.05) is 0 Å². The number of likely N-dealkylation sites (tertiary alicyclic amines) is 1. The van der Waals surface area contributed by atoms with Crippen LogP contribution in [-0.4, -0.2) is 77.0 Å². The molecule has 2 aliphatic rings. The van der Waals surface area contributed by atoms with Crippen molar-refractivity contribution in [3.8, 4) is 5.75 Å². The van der Waals surface area contributed by atoms with Gasteiger partial charge in [-0.3, -0.25) is 14.2 Å². The van der Waals surface area contributed by atoms with Crippen LogP contribution in [0.1, 0.15) is 18.4 Å². The Hall–Kier alpha value is -2.00. The Labute approximate surface area is 188 Å². The predicted molar refractivity (Wildman–Crippen MR) is 124 cm³/mol. The Balaban J connectivity index is 1.32. The summed E-state index contributed by atoms with van der Waals surface area (Å²) >= 11 is 5.85. The van der Waals surface area contributed by atoms with Crippen molar-refractivity contribution in [3.63, 3.8) is 0 Å². The van der Waals surface area contributed by atoms with Crippen molar-refractivity contribution < 1.29 is 9.47 Å². The van der Waals surface area contributed by atoms with E-state index in [0.717, 1.165) is 73.7 Å². The largest absolute Gasteiger partial charge is 0.497 e. The van der Waals surface area contributed by atoms with Gasteiger partial charge in [-0.15, -0.1) is 0 Å². The normalized spacial score (nSPS) is 19.4. The monoisotopic (exact) mass is 441 g/mol. The van der Waals surface area contributed by atoms with Crippen LogP contribution in [0.15, 0.2) is 24.3 Å². The van der Waals surface area contributed by atoms with E-state index in [2.05, 4.69) is 33.3 Å². The highest BCUT2D eigenvalue weighted by Crippen LogP contribution is 2.26. The highest BCUT2D eigenvalue weighted by Gasteiger charge is 2.23. The number of aromatic nitrogens is 3. The molecule has 3 aromatic rings. The molecule has 0 N–H and O–H groups in total. The lowest BCUT2D eigenvalue weighted by Crippen LogP contribution is -2.43. The number of pyridine rings is 1. The topological polar surface area (TPSA) is 47.2 Å². The zero-order chi connectivity index (χ0) is 21.4. The Morgan fingerprint density at radius 1 is 1.10 bits per heavy atom. The van der Waals surface area contributed by atoms with Crippen LogP contribution in [0, 0.1) is 17.6 Å². The lowest BCUT2D eigenvalue weighted by Gasteiger charge is -2.35. The van der Waals surface area contributed by atoms with E-state index in [-0.39, 0.29) is 0 Å². The molecular weight excluding hydrogens is 410 g/mol. The van der Waals surface area contributed by atoms with Gasteiger partial charge in [0.1, 0.15) is 5.75 Å². The minimum Gasteiger partial charge on any atom is -0.497 e. The van der Waals surface area contributed by atoms with Crippen LogP contribution in [0.4, 0.5) is 0 Å². The molecule has 8 heteroatoms. The number of piperidine rings is 1. The first-order chi connectivity index (χ1) is 15.1. The zero-order valence-corrected chi connectivity index (χ0v) is 19.2. The Morgan fingerprint density at radius 3 is 2.61 bits per heavy atom. The third-order valence-electron chi connectivity index (χ3n) is 6.74. The summed E-state index contributed by atoms with van der Waals surface area (Å²) in [4.78, 5) is 5.04. The second kappa shape index (κ2) is 8.86. The van der Waals surface area contributed by atoms with E-state index in [4.69, 9.17) is 26.8 Å².